The minimum Gasteiger partial charge on any atom is -0.398 e. The lowest BCUT2D eigenvalue weighted by molar-refractivity contribution is 0.0894. The lowest BCUT2D eigenvalue weighted by Gasteiger charge is -2.11. The van der Waals surface area contributed by atoms with Gasteiger partial charge in [0.05, 0.1) is 0 Å². The lowest BCUT2D eigenvalue weighted by atomic mass is 9.96. The molecule has 88 valence electrons. The van der Waals surface area contributed by atoms with E-state index in [2.05, 4.69) is 15.9 Å². The molecule has 0 aliphatic heterocycles. The van der Waals surface area contributed by atoms with E-state index in [0.717, 1.165) is 4.47 Å². The van der Waals surface area contributed by atoms with Crippen LogP contribution in [0, 0.1) is 5.92 Å². The van der Waals surface area contributed by atoms with Gasteiger partial charge in [0.15, 0.2) is 5.78 Å². The van der Waals surface area contributed by atoms with Crippen molar-refractivity contribution in [3.8, 4) is 0 Å². The van der Waals surface area contributed by atoms with Crippen LogP contribution in [0.4, 0.5) is 5.69 Å². The fraction of sp³-hybridized carbons (Fsp3) is 0.417. The first kappa shape index (κ1) is 13.2. The highest BCUT2D eigenvalue weighted by molar-refractivity contribution is 9.10. The molecule has 1 atom stereocenters. The first-order valence-electron chi connectivity index (χ1n) is 5.14. The van der Waals surface area contributed by atoms with Gasteiger partial charge in [-0.3, -0.25) is 4.79 Å². The molecule has 1 aromatic carbocycles. The van der Waals surface area contributed by atoms with E-state index < -0.39 is 0 Å². The quantitative estimate of drug-likeness (QED) is 0.669. The van der Waals surface area contributed by atoms with Gasteiger partial charge in [-0.05, 0) is 24.6 Å². The maximum Gasteiger partial charge on any atom is 0.167 e. The van der Waals surface area contributed by atoms with Crippen molar-refractivity contribution in [3.63, 3.8) is 0 Å². The Kier molecular flexibility index (Phi) is 4.96. The Balaban J connectivity index is 2.79. The third kappa shape index (κ3) is 3.32. The van der Waals surface area contributed by atoms with Gasteiger partial charge in [0.25, 0.3) is 0 Å². The minimum atomic E-state index is -0.0663. The van der Waals surface area contributed by atoms with Crippen molar-refractivity contribution >= 4 is 27.4 Å². The summed E-state index contributed by atoms with van der Waals surface area (Å²) in [5.74, 6) is 0.00507. The number of nitrogens with two attached hydrogens (primary N) is 1. The number of ether oxygens (including phenoxy) is 1. The average Bonchev–Trinajstić information content (AvgIpc) is 2.25. The summed E-state index contributed by atoms with van der Waals surface area (Å²) < 4.78 is 5.84. The van der Waals surface area contributed by atoms with Gasteiger partial charge in [0.2, 0.25) is 0 Å². The van der Waals surface area contributed by atoms with Crippen molar-refractivity contribution in [2.24, 2.45) is 5.92 Å². The van der Waals surface area contributed by atoms with Crippen LogP contribution < -0.4 is 5.73 Å². The zero-order valence-corrected chi connectivity index (χ0v) is 11.1. The number of rotatable bonds is 5. The molecule has 1 aromatic rings. The maximum absolute atomic E-state index is 12.0. The van der Waals surface area contributed by atoms with Crippen LogP contribution in [0.2, 0.25) is 0 Å². The molecule has 0 aromatic heterocycles. The van der Waals surface area contributed by atoms with Crippen LogP contribution in [0.25, 0.3) is 0 Å². The molecule has 0 fully saturated rings. The number of halogens is 1. The molecule has 0 amide bonds. The highest BCUT2D eigenvalue weighted by Gasteiger charge is 2.17. The van der Waals surface area contributed by atoms with Crippen LogP contribution >= 0.6 is 15.9 Å². The monoisotopic (exact) mass is 285 g/mol. The zero-order chi connectivity index (χ0) is 12.1. The third-order valence-corrected chi connectivity index (χ3v) is 2.97. The Bertz CT molecular complexity index is 379. The van der Waals surface area contributed by atoms with Gasteiger partial charge in [-0.2, -0.15) is 0 Å². The second-order valence-corrected chi connectivity index (χ2v) is 4.69. The second kappa shape index (κ2) is 6.01. The van der Waals surface area contributed by atoms with Crippen molar-refractivity contribution in [2.45, 2.75) is 13.3 Å². The van der Waals surface area contributed by atoms with E-state index >= 15 is 0 Å². The molecule has 0 bridgehead atoms. The summed E-state index contributed by atoms with van der Waals surface area (Å²) >= 11 is 3.31. The van der Waals surface area contributed by atoms with E-state index in [9.17, 15) is 4.79 Å². The number of benzene rings is 1. The van der Waals surface area contributed by atoms with Crippen LogP contribution in [-0.2, 0) is 4.74 Å². The van der Waals surface area contributed by atoms with Crippen molar-refractivity contribution < 1.29 is 9.53 Å². The number of hydrogen-bond acceptors (Lipinski definition) is 3. The molecule has 4 heteroatoms. The summed E-state index contributed by atoms with van der Waals surface area (Å²) in [7, 11) is 1.63. The Morgan fingerprint density at radius 2 is 2.25 bits per heavy atom. The van der Waals surface area contributed by atoms with Gasteiger partial charge in [0.1, 0.15) is 0 Å². The van der Waals surface area contributed by atoms with Gasteiger partial charge in [-0.15, -0.1) is 0 Å². The average molecular weight is 286 g/mol. The van der Waals surface area contributed by atoms with Crippen LogP contribution in [-0.4, -0.2) is 19.5 Å². The van der Waals surface area contributed by atoms with E-state index in [-0.39, 0.29) is 11.7 Å². The van der Waals surface area contributed by atoms with Crippen molar-refractivity contribution in [1.82, 2.24) is 0 Å². The number of carbonyl (C=O) groups is 1. The number of ketones is 1. The predicted molar refractivity (Wildman–Crippen MR) is 68.5 cm³/mol. The van der Waals surface area contributed by atoms with Crippen molar-refractivity contribution in [1.29, 1.82) is 0 Å². The fourth-order valence-electron chi connectivity index (χ4n) is 1.45. The number of hydrogen-bond donors (Lipinski definition) is 1. The molecule has 0 aliphatic rings. The fourth-order valence-corrected chi connectivity index (χ4v) is 1.83. The van der Waals surface area contributed by atoms with E-state index in [1.807, 2.05) is 13.0 Å². The summed E-state index contributed by atoms with van der Waals surface area (Å²) in [4.78, 5) is 12.0. The SMILES string of the molecule is COCCC(C)C(=O)c1ccc(Br)cc1N. The molecular formula is C12H16BrNO2. The number of Topliss-reactive ketones (excluding diaryl/α,β-unsaturated/α-hetero) is 1. The highest BCUT2D eigenvalue weighted by Crippen LogP contribution is 2.22. The summed E-state index contributed by atoms with van der Waals surface area (Å²) in [6.07, 6.45) is 0.713. The van der Waals surface area contributed by atoms with Crippen LogP contribution in [0.5, 0.6) is 0 Å². The topological polar surface area (TPSA) is 52.3 Å². The second-order valence-electron chi connectivity index (χ2n) is 3.78. The van der Waals surface area contributed by atoms with Gasteiger partial charge < -0.3 is 10.5 Å². The largest absolute Gasteiger partial charge is 0.398 e. The minimum absolute atomic E-state index is 0.0663. The predicted octanol–water partition coefficient (Wildman–Crippen LogP) is 2.89. The number of anilines is 1. The maximum atomic E-state index is 12.0. The summed E-state index contributed by atoms with van der Waals surface area (Å²) in [5, 5.41) is 0. The zero-order valence-electron chi connectivity index (χ0n) is 9.50. The third-order valence-electron chi connectivity index (χ3n) is 2.48. The van der Waals surface area contributed by atoms with E-state index in [0.29, 0.717) is 24.3 Å². The number of nitrogen functional groups attached to an aromatic ring is 1. The summed E-state index contributed by atoms with van der Waals surface area (Å²) in [5.41, 5.74) is 6.91. The Morgan fingerprint density at radius 1 is 1.56 bits per heavy atom. The Labute approximate surface area is 104 Å². The van der Waals surface area contributed by atoms with Crippen molar-refractivity contribution in [2.75, 3.05) is 19.5 Å². The molecule has 16 heavy (non-hydrogen) atoms. The van der Waals surface area contributed by atoms with Gasteiger partial charge in [-0.25, -0.2) is 0 Å². The van der Waals surface area contributed by atoms with Crippen LogP contribution in [0.15, 0.2) is 22.7 Å². The first-order chi connectivity index (χ1) is 7.56. The Morgan fingerprint density at radius 3 is 2.81 bits per heavy atom. The van der Waals surface area contributed by atoms with Crippen molar-refractivity contribution in [3.05, 3.63) is 28.2 Å². The molecule has 0 heterocycles. The van der Waals surface area contributed by atoms with Gasteiger partial charge >= 0.3 is 0 Å². The standard InChI is InChI=1S/C12H16BrNO2/c1-8(5-6-16-2)12(15)10-4-3-9(13)7-11(10)14/h3-4,7-8H,5-6,14H2,1-2H3. The van der Waals surface area contributed by atoms with E-state index in [1.54, 1.807) is 19.2 Å². The number of methoxy groups -OCH3 is 1. The molecular weight excluding hydrogens is 270 g/mol. The molecule has 0 aliphatic carbocycles. The van der Waals surface area contributed by atoms with Gasteiger partial charge in [-0.1, -0.05) is 22.9 Å². The number of carbonyl (C=O) groups excluding carboxylic acids is 1. The van der Waals surface area contributed by atoms with E-state index in [1.165, 1.54) is 0 Å². The molecule has 0 saturated heterocycles. The smallest absolute Gasteiger partial charge is 0.167 e. The first-order valence-corrected chi connectivity index (χ1v) is 5.93. The molecule has 0 radical (unpaired) electrons. The van der Waals surface area contributed by atoms with E-state index in [4.69, 9.17) is 10.5 Å². The van der Waals surface area contributed by atoms with Gasteiger partial charge in [0, 0.05) is 35.4 Å². The van der Waals surface area contributed by atoms with Crippen LogP contribution in [0.1, 0.15) is 23.7 Å². The highest BCUT2D eigenvalue weighted by atomic mass is 79.9. The molecule has 0 saturated carbocycles. The molecule has 3 nitrogen and oxygen atoms in total. The molecule has 2 N–H and O–H groups in total. The normalized spacial score (nSPS) is 12.4. The summed E-state index contributed by atoms with van der Waals surface area (Å²) in [6.45, 7) is 2.48. The molecule has 0 spiro atoms. The summed E-state index contributed by atoms with van der Waals surface area (Å²) in [6, 6.07) is 5.33. The van der Waals surface area contributed by atoms with Crippen LogP contribution in [0.3, 0.4) is 0 Å². The molecule has 1 rings (SSSR count). The molecule has 1 unspecified atom stereocenters. The lowest BCUT2D eigenvalue weighted by Crippen LogP contribution is -2.15. The Hall–Kier alpha value is -0.870.